The Kier molecular flexibility index (Phi) is 13.5. The van der Waals surface area contributed by atoms with Gasteiger partial charge in [0.1, 0.15) is 5.78 Å². The van der Waals surface area contributed by atoms with E-state index in [0.29, 0.717) is 13.0 Å². The van der Waals surface area contributed by atoms with E-state index in [0.717, 1.165) is 25.7 Å². The van der Waals surface area contributed by atoms with Gasteiger partial charge in [-0.3, -0.25) is 9.59 Å². The van der Waals surface area contributed by atoms with E-state index in [-0.39, 0.29) is 17.6 Å². The molecule has 0 aromatic carbocycles. The maximum atomic E-state index is 12.3. The molecule has 1 aliphatic heterocycles. The smallest absolute Gasteiger partial charge is 0.237 e. The lowest BCUT2D eigenvalue weighted by atomic mass is 9.89. The molecule has 0 aromatic heterocycles. The quantitative estimate of drug-likeness (QED) is 0.405. The topological polar surface area (TPSA) is 72.2 Å². The van der Waals surface area contributed by atoms with Crippen molar-refractivity contribution in [1.29, 1.82) is 0 Å². The monoisotopic (exact) mass is 366 g/mol. The van der Waals surface area contributed by atoms with Gasteiger partial charge in [-0.2, -0.15) is 0 Å². The molecule has 0 aliphatic carbocycles. The van der Waals surface area contributed by atoms with E-state index in [1.807, 2.05) is 0 Å². The Labute approximate surface area is 161 Å². The van der Waals surface area contributed by atoms with Gasteiger partial charge in [0.25, 0.3) is 0 Å². The van der Waals surface area contributed by atoms with Crippen molar-refractivity contribution in [2.24, 2.45) is 11.7 Å². The number of unbranched alkanes of at least 4 members (excludes halogenated alkanes) is 12. The van der Waals surface area contributed by atoms with Crippen LogP contribution in [0.5, 0.6) is 0 Å². The fraction of sp³-hybridized carbons (Fsp3) is 0.909. The molecule has 1 aliphatic rings. The maximum absolute atomic E-state index is 12.3. The molecule has 0 aromatic rings. The second-order valence-electron chi connectivity index (χ2n) is 8.02. The van der Waals surface area contributed by atoms with Crippen molar-refractivity contribution in [3.05, 3.63) is 0 Å². The summed E-state index contributed by atoms with van der Waals surface area (Å²) in [5.41, 5.74) is 5.93. The van der Waals surface area contributed by atoms with Crippen molar-refractivity contribution in [3.8, 4) is 0 Å². The lowest BCUT2D eigenvalue weighted by Gasteiger charge is -2.18. The van der Waals surface area contributed by atoms with Crippen molar-refractivity contribution in [1.82, 2.24) is 5.32 Å². The van der Waals surface area contributed by atoms with E-state index in [1.165, 1.54) is 70.6 Å². The van der Waals surface area contributed by atoms with Crippen LogP contribution in [0, 0.1) is 5.92 Å². The van der Waals surface area contributed by atoms with Crippen LogP contribution in [0.1, 0.15) is 110 Å². The molecule has 0 radical (unpaired) electrons. The SMILES string of the molecule is CCCCCCCCCCCCCCCC(=O)C1CCCNC(=O)[C@H]1N. The van der Waals surface area contributed by atoms with Gasteiger partial charge >= 0.3 is 0 Å². The molecule has 1 fully saturated rings. The third-order valence-electron chi connectivity index (χ3n) is 5.67. The average molecular weight is 367 g/mol. The van der Waals surface area contributed by atoms with Crippen LogP contribution in [-0.2, 0) is 9.59 Å². The van der Waals surface area contributed by atoms with Gasteiger partial charge in [-0.1, -0.05) is 84.0 Å². The van der Waals surface area contributed by atoms with E-state index in [4.69, 9.17) is 5.73 Å². The molecule has 0 saturated carbocycles. The summed E-state index contributed by atoms with van der Waals surface area (Å²) in [6.45, 7) is 2.91. The van der Waals surface area contributed by atoms with Crippen molar-refractivity contribution in [3.63, 3.8) is 0 Å². The largest absolute Gasteiger partial charge is 0.355 e. The number of ketones is 1. The van der Waals surface area contributed by atoms with Gasteiger partial charge in [-0.05, 0) is 19.3 Å². The number of hydrogen-bond donors (Lipinski definition) is 2. The molecule has 3 N–H and O–H groups in total. The zero-order valence-corrected chi connectivity index (χ0v) is 17.1. The number of carbonyl (C=O) groups excluding carboxylic acids is 2. The first-order chi connectivity index (χ1) is 12.7. The molecule has 152 valence electrons. The maximum Gasteiger partial charge on any atom is 0.237 e. The third-order valence-corrected chi connectivity index (χ3v) is 5.67. The van der Waals surface area contributed by atoms with Crippen LogP contribution in [0.3, 0.4) is 0 Å². The zero-order chi connectivity index (χ0) is 19.0. The number of nitrogens with one attached hydrogen (secondary N) is 1. The van der Waals surface area contributed by atoms with Gasteiger partial charge in [0.05, 0.1) is 6.04 Å². The van der Waals surface area contributed by atoms with E-state index >= 15 is 0 Å². The summed E-state index contributed by atoms with van der Waals surface area (Å²) in [4.78, 5) is 24.1. The molecular weight excluding hydrogens is 324 g/mol. The third kappa shape index (κ3) is 10.3. The molecule has 1 amide bonds. The summed E-state index contributed by atoms with van der Waals surface area (Å²) >= 11 is 0. The highest BCUT2D eigenvalue weighted by atomic mass is 16.2. The fourth-order valence-corrected chi connectivity index (χ4v) is 3.88. The molecule has 0 spiro atoms. The molecule has 26 heavy (non-hydrogen) atoms. The normalized spacial score (nSPS) is 20.6. The fourth-order valence-electron chi connectivity index (χ4n) is 3.88. The molecule has 4 nitrogen and oxygen atoms in total. The number of rotatable bonds is 15. The highest BCUT2D eigenvalue weighted by Crippen LogP contribution is 2.19. The summed E-state index contributed by atoms with van der Waals surface area (Å²) in [5, 5.41) is 2.78. The number of carbonyl (C=O) groups is 2. The molecule has 4 heteroatoms. The van der Waals surface area contributed by atoms with E-state index in [1.54, 1.807) is 0 Å². The second-order valence-corrected chi connectivity index (χ2v) is 8.02. The number of amides is 1. The van der Waals surface area contributed by atoms with E-state index in [9.17, 15) is 9.59 Å². The Hall–Kier alpha value is -0.900. The summed E-state index contributed by atoms with van der Waals surface area (Å²) in [6, 6.07) is -0.646. The predicted molar refractivity (Wildman–Crippen MR) is 109 cm³/mol. The Morgan fingerprint density at radius 2 is 1.42 bits per heavy atom. The van der Waals surface area contributed by atoms with Crippen LogP contribution >= 0.6 is 0 Å². The minimum absolute atomic E-state index is 0.161. The van der Waals surface area contributed by atoms with Crippen molar-refractivity contribution < 1.29 is 9.59 Å². The summed E-state index contributed by atoms with van der Waals surface area (Å²) in [5.74, 6) is -0.237. The molecule has 1 saturated heterocycles. The number of hydrogen-bond acceptors (Lipinski definition) is 3. The molecular formula is C22H42N2O2. The van der Waals surface area contributed by atoms with Crippen molar-refractivity contribution in [2.75, 3.05) is 6.54 Å². The van der Waals surface area contributed by atoms with Crippen LogP contribution in [-0.4, -0.2) is 24.3 Å². The number of nitrogens with two attached hydrogens (primary N) is 1. The van der Waals surface area contributed by atoms with Crippen LogP contribution < -0.4 is 11.1 Å². The molecule has 2 atom stereocenters. The van der Waals surface area contributed by atoms with Crippen molar-refractivity contribution >= 4 is 11.7 Å². The molecule has 1 unspecified atom stereocenters. The minimum atomic E-state index is -0.646. The molecule has 0 bridgehead atoms. The predicted octanol–water partition coefficient (Wildman–Crippen LogP) is 4.89. The first kappa shape index (κ1) is 23.1. The summed E-state index contributed by atoms with van der Waals surface area (Å²) < 4.78 is 0. The first-order valence-electron chi connectivity index (χ1n) is 11.2. The average Bonchev–Trinajstić information content (AvgIpc) is 2.80. The Bertz CT molecular complexity index is 384. The van der Waals surface area contributed by atoms with Crippen LogP contribution in [0.25, 0.3) is 0 Å². The van der Waals surface area contributed by atoms with Gasteiger partial charge in [0, 0.05) is 18.9 Å². The zero-order valence-electron chi connectivity index (χ0n) is 17.1. The van der Waals surface area contributed by atoms with Gasteiger partial charge in [0.2, 0.25) is 5.91 Å². The van der Waals surface area contributed by atoms with Crippen LogP contribution in [0.4, 0.5) is 0 Å². The van der Waals surface area contributed by atoms with Gasteiger partial charge in [-0.15, -0.1) is 0 Å². The Morgan fingerprint density at radius 1 is 0.923 bits per heavy atom. The van der Waals surface area contributed by atoms with Gasteiger partial charge < -0.3 is 11.1 Å². The lowest BCUT2D eigenvalue weighted by molar-refractivity contribution is -0.129. The second kappa shape index (κ2) is 15.2. The Morgan fingerprint density at radius 3 is 1.96 bits per heavy atom. The number of Topliss-reactive ketones (excluding diaryl/α,β-unsaturated/α-hetero) is 1. The highest BCUT2D eigenvalue weighted by Gasteiger charge is 2.31. The van der Waals surface area contributed by atoms with Crippen LogP contribution in [0.2, 0.25) is 0 Å². The standard InChI is InChI=1S/C22H42N2O2/c1-2-3-4-5-6-7-8-9-10-11-12-13-14-17-20(25)19-16-15-18-24-22(26)21(19)23/h19,21H,2-18,23H2,1H3,(H,24,26)/t19?,21-/m0/s1. The summed E-state index contributed by atoms with van der Waals surface area (Å²) in [6.07, 6.45) is 19.2. The minimum Gasteiger partial charge on any atom is -0.355 e. The Balaban J connectivity index is 1.93. The van der Waals surface area contributed by atoms with E-state index in [2.05, 4.69) is 12.2 Å². The molecule has 1 heterocycles. The van der Waals surface area contributed by atoms with Gasteiger partial charge in [0.15, 0.2) is 0 Å². The van der Waals surface area contributed by atoms with Crippen LogP contribution in [0.15, 0.2) is 0 Å². The lowest BCUT2D eigenvalue weighted by Crippen LogP contribution is -2.45. The first-order valence-corrected chi connectivity index (χ1v) is 11.2. The van der Waals surface area contributed by atoms with Crippen molar-refractivity contribution in [2.45, 2.75) is 116 Å². The summed E-state index contributed by atoms with van der Waals surface area (Å²) in [7, 11) is 0. The molecule has 1 rings (SSSR count). The van der Waals surface area contributed by atoms with E-state index < -0.39 is 6.04 Å². The van der Waals surface area contributed by atoms with Gasteiger partial charge in [-0.25, -0.2) is 0 Å². The highest BCUT2D eigenvalue weighted by molar-refractivity contribution is 5.91.